The molecule has 1 aromatic heterocycles. The van der Waals surface area contributed by atoms with Crippen LogP contribution in [0.2, 0.25) is 0 Å². The zero-order valence-corrected chi connectivity index (χ0v) is 12.1. The van der Waals surface area contributed by atoms with Crippen LogP contribution in [0.4, 0.5) is 0 Å². The van der Waals surface area contributed by atoms with Gasteiger partial charge in [-0.25, -0.2) is 4.98 Å². The molecule has 22 heavy (non-hydrogen) atoms. The van der Waals surface area contributed by atoms with Crippen molar-refractivity contribution < 1.29 is 5.11 Å². The van der Waals surface area contributed by atoms with Gasteiger partial charge in [-0.1, -0.05) is 48.5 Å². The summed E-state index contributed by atoms with van der Waals surface area (Å²) in [4.78, 5) is 4.32. The lowest BCUT2D eigenvalue weighted by atomic mass is 9.88. The van der Waals surface area contributed by atoms with Crippen molar-refractivity contribution in [3.63, 3.8) is 0 Å². The molecule has 3 nitrogen and oxygen atoms in total. The van der Waals surface area contributed by atoms with E-state index in [9.17, 15) is 5.11 Å². The van der Waals surface area contributed by atoms with Gasteiger partial charge in [0.15, 0.2) is 0 Å². The molecule has 1 aliphatic heterocycles. The van der Waals surface area contributed by atoms with Crippen LogP contribution in [0, 0.1) is 5.92 Å². The number of hydrogen-bond acceptors (Lipinski definition) is 2. The molecule has 2 aromatic carbocycles. The van der Waals surface area contributed by atoms with E-state index in [1.165, 1.54) is 16.7 Å². The van der Waals surface area contributed by atoms with E-state index in [4.69, 9.17) is 0 Å². The van der Waals surface area contributed by atoms with Gasteiger partial charge in [-0.05, 0) is 23.1 Å². The van der Waals surface area contributed by atoms with Crippen LogP contribution in [-0.2, 0) is 6.42 Å². The van der Waals surface area contributed by atoms with Gasteiger partial charge in [0.25, 0.3) is 0 Å². The molecular formula is C19H16N2O. The third-order valence-corrected chi connectivity index (χ3v) is 5.16. The topological polar surface area (TPSA) is 38.1 Å². The summed E-state index contributed by atoms with van der Waals surface area (Å²) in [7, 11) is 0. The fourth-order valence-corrected chi connectivity index (χ4v) is 4.20. The predicted molar refractivity (Wildman–Crippen MR) is 84.4 cm³/mol. The Hall–Kier alpha value is -2.39. The summed E-state index contributed by atoms with van der Waals surface area (Å²) in [5, 5.41) is 10.9. The Balaban J connectivity index is 1.66. The summed E-state index contributed by atoms with van der Waals surface area (Å²) >= 11 is 0. The molecule has 0 fully saturated rings. The van der Waals surface area contributed by atoms with Crippen LogP contribution < -0.4 is 0 Å². The molecule has 0 bridgehead atoms. The number of benzene rings is 2. The third-order valence-electron chi connectivity index (χ3n) is 5.16. The van der Waals surface area contributed by atoms with Crippen LogP contribution in [0.5, 0.6) is 0 Å². The van der Waals surface area contributed by atoms with Gasteiger partial charge >= 0.3 is 0 Å². The fraction of sp³-hybridized carbons (Fsp3) is 0.211. The van der Waals surface area contributed by atoms with Crippen molar-refractivity contribution in [2.24, 2.45) is 5.92 Å². The van der Waals surface area contributed by atoms with E-state index in [0.717, 1.165) is 17.7 Å². The minimum Gasteiger partial charge on any atom is -0.388 e. The first kappa shape index (κ1) is 12.2. The molecule has 108 valence electrons. The number of aromatic nitrogens is 2. The van der Waals surface area contributed by atoms with E-state index < -0.39 is 6.10 Å². The van der Waals surface area contributed by atoms with Crippen molar-refractivity contribution in [3.05, 3.63) is 77.7 Å². The summed E-state index contributed by atoms with van der Waals surface area (Å²) in [5.74, 6) is 0.161. The van der Waals surface area contributed by atoms with E-state index in [-0.39, 0.29) is 12.0 Å². The molecule has 1 aliphatic carbocycles. The van der Waals surface area contributed by atoms with Crippen LogP contribution in [0.25, 0.3) is 11.3 Å². The molecule has 1 unspecified atom stereocenters. The maximum absolute atomic E-state index is 10.9. The average molecular weight is 288 g/mol. The molecule has 3 aromatic rings. The molecule has 0 saturated heterocycles. The van der Waals surface area contributed by atoms with Gasteiger partial charge in [-0.2, -0.15) is 0 Å². The van der Waals surface area contributed by atoms with E-state index in [1.54, 1.807) is 0 Å². The number of nitrogens with zero attached hydrogens (tertiary/aromatic N) is 2. The zero-order chi connectivity index (χ0) is 14.7. The minimum absolute atomic E-state index is 0.161. The molecule has 2 aliphatic rings. The number of hydrogen-bond donors (Lipinski definition) is 1. The smallest absolute Gasteiger partial charge is 0.0956 e. The highest BCUT2D eigenvalue weighted by Gasteiger charge is 2.41. The van der Waals surface area contributed by atoms with Crippen molar-refractivity contribution in [1.29, 1.82) is 0 Å². The second-order valence-electron chi connectivity index (χ2n) is 6.23. The number of aliphatic hydroxyl groups is 1. The highest BCUT2D eigenvalue weighted by Crippen LogP contribution is 2.50. The predicted octanol–water partition coefficient (Wildman–Crippen LogP) is 3.36. The van der Waals surface area contributed by atoms with Crippen LogP contribution in [0.15, 0.2) is 61.1 Å². The van der Waals surface area contributed by atoms with Gasteiger partial charge in [0.1, 0.15) is 0 Å². The van der Waals surface area contributed by atoms with E-state index in [2.05, 4.69) is 52.0 Å². The van der Waals surface area contributed by atoms with E-state index in [0.29, 0.717) is 0 Å². The standard InChI is InChI=1S/C19H16N2O/c22-19-13-6-2-1-5-12(13)9-16(19)18-15-8-4-3-7-14(15)17-10-20-11-21(17)18/h1-8,10-11,16,18-19,22H,9H2/t16-,18?,19-/m1/s1. The fourth-order valence-electron chi connectivity index (χ4n) is 4.20. The van der Waals surface area contributed by atoms with Crippen molar-refractivity contribution in [2.75, 3.05) is 0 Å². The van der Waals surface area contributed by atoms with Gasteiger partial charge in [-0.15, -0.1) is 0 Å². The lowest BCUT2D eigenvalue weighted by Gasteiger charge is -2.25. The average Bonchev–Trinajstić information content (AvgIpc) is 3.21. The van der Waals surface area contributed by atoms with Crippen LogP contribution in [-0.4, -0.2) is 14.7 Å². The highest BCUT2D eigenvalue weighted by molar-refractivity contribution is 5.69. The Morgan fingerprint density at radius 1 is 1.00 bits per heavy atom. The maximum Gasteiger partial charge on any atom is 0.0956 e. The molecule has 0 amide bonds. The normalized spacial score (nSPS) is 24.9. The molecule has 5 rings (SSSR count). The van der Waals surface area contributed by atoms with Crippen molar-refractivity contribution in [2.45, 2.75) is 18.6 Å². The molecule has 2 heterocycles. The summed E-state index contributed by atoms with van der Waals surface area (Å²) in [6.45, 7) is 0. The molecule has 3 heteroatoms. The quantitative estimate of drug-likeness (QED) is 0.745. The number of imidazole rings is 1. The maximum atomic E-state index is 10.9. The molecule has 0 saturated carbocycles. The Kier molecular flexibility index (Phi) is 2.38. The zero-order valence-electron chi connectivity index (χ0n) is 12.1. The summed E-state index contributed by atoms with van der Waals surface area (Å²) in [6, 6.07) is 16.9. The van der Waals surface area contributed by atoms with Gasteiger partial charge in [0, 0.05) is 11.5 Å². The molecule has 1 N–H and O–H groups in total. The lowest BCUT2D eigenvalue weighted by Crippen LogP contribution is -2.21. The van der Waals surface area contributed by atoms with Gasteiger partial charge < -0.3 is 9.67 Å². The third kappa shape index (κ3) is 1.46. The molecule has 0 radical (unpaired) electrons. The number of rotatable bonds is 1. The second kappa shape index (κ2) is 4.31. The Labute approximate surface area is 128 Å². The first-order chi connectivity index (χ1) is 10.8. The SMILES string of the molecule is O[C@@H]1c2ccccc2C[C@@H]1C1c2ccccc2-c2cncn21. The second-order valence-corrected chi connectivity index (χ2v) is 6.23. The first-order valence-corrected chi connectivity index (χ1v) is 7.71. The number of fused-ring (bicyclic) bond motifs is 4. The summed E-state index contributed by atoms with van der Waals surface area (Å²) in [6.07, 6.45) is 4.32. The van der Waals surface area contributed by atoms with Crippen LogP contribution in [0.3, 0.4) is 0 Å². The van der Waals surface area contributed by atoms with Crippen LogP contribution >= 0.6 is 0 Å². The van der Waals surface area contributed by atoms with E-state index in [1.807, 2.05) is 18.6 Å². The lowest BCUT2D eigenvalue weighted by molar-refractivity contribution is 0.102. The van der Waals surface area contributed by atoms with Gasteiger partial charge in [0.05, 0.1) is 30.4 Å². The van der Waals surface area contributed by atoms with Crippen molar-refractivity contribution in [1.82, 2.24) is 9.55 Å². The van der Waals surface area contributed by atoms with Gasteiger partial charge in [0.2, 0.25) is 0 Å². The molecule has 3 atom stereocenters. The Bertz CT molecular complexity index is 867. The van der Waals surface area contributed by atoms with Gasteiger partial charge in [-0.3, -0.25) is 0 Å². The first-order valence-electron chi connectivity index (χ1n) is 7.71. The largest absolute Gasteiger partial charge is 0.388 e. The summed E-state index contributed by atoms with van der Waals surface area (Å²) in [5.41, 5.74) is 6.05. The highest BCUT2D eigenvalue weighted by atomic mass is 16.3. The van der Waals surface area contributed by atoms with Crippen molar-refractivity contribution in [3.8, 4) is 11.3 Å². The molecule has 0 spiro atoms. The van der Waals surface area contributed by atoms with E-state index >= 15 is 0 Å². The van der Waals surface area contributed by atoms with Crippen LogP contribution in [0.1, 0.15) is 28.8 Å². The number of aliphatic hydroxyl groups excluding tert-OH is 1. The monoisotopic (exact) mass is 288 g/mol. The molecular weight excluding hydrogens is 272 g/mol. The Morgan fingerprint density at radius 2 is 1.77 bits per heavy atom. The van der Waals surface area contributed by atoms with Crippen molar-refractivity contribution >= 4 is 0 Å². The Morgan fingerprint density at radius 3 is 2.64 bits per heavy atom. The summed E-state index contributed by atoms with van der Waals surface area (Å²) < 4.78 is 2.23. The minimum atomic E-state index is -0.414.